The molecule has 1 aromatic heterocycles. The minimum absolute atomic E-state index is 0.0114. The molecule has 2 aromatic rings. The summed E-state index contributed by atoms with van der Waals surface area (Å²) in [6.45, 7) is 1.39. The molecule has 0 saturated carbocycles. The van der Waals surface area contributed by atoms with Crippen molar-refractivity contribution in [2.45, 2.75) is 13.1 Å². The van der Waals surface area contributed by atoms with Crippen molar-refractivity contribution < 1.29 is 27.6 Å². The van der Waals surface area contributed by atoms with Gasteiger partial charge in [0.1, 0.15) is 0 Å². The van der Waals surface area contributed by atoms with E-state index in [9.17, 15) is 28.1 Å². The molecule has 0 aliphatic heterocycles. The van der Waals surface area contributed by atoms with E-state index in [0.717, 1.165) is 31.4 Å². The number of ether oxygens (including phenoxy) is 1. The van der Waals surface area contributed by atoms with Crippen molar-refractivity contribution in [2.24, 2.45) is 0 Å². The lowest BCUT2D eigenvalue weighted by molar-refractivity contribution is -0.383. The van der Waals surface area contributed by atoms with Gasteiger partial charge in [0.15, 0.2) is 0 Å². The highest BCUT2D eigenvalue weighted by Crippen LogP contribution is 2.39. The van der Waals surface area contributed by atoms with E-state index < -0.39 is 34.1 Å². The molecule has 0 spiro atoms. The number of aromatic nitrogens is 1. The maximum atomic E-state index is 12.7. The summed E-state index contributed by atoms with van der Waals surface area (Å²) in [6.07, 6.45) is -4.57. The second kappa shape index (κ2) is 6.38. The van der Waals surface area contributed by atoms with E-state index >= 15 is 0 Å². The van der Waals surface area contributed by atoms with Gasteiger partial charge >= 0.3 is 17.8 Å². The summed E-state index contributed by atoms with van der Waals surface area (Å²) in [5.74, 6) is -1.37. The summed E-state index contributed by atoms with van der Waals surface area (Å²) in [6, 6.07) is 3.56. The van der Waals surface area contributed by atoms with Gasteiger partial charge in [-0.2, -0.15) is 13.2 Å². The minimum Gasteiger partial charge on any atom is -0.465 e. The van der Waals surface area contributed by atoms with Crippen molar-refractivity contribution in [3.05, 3.63) is 51.2 Å². The number of halogens is 3. The molecule has 132 valence electrons. The zero-order valence-electron chi connectivity index (χ0n) is 13.0. The zero-order chi connectivity index (χ0) is 18.9. The fraction of sp³-hybridized carbons (Fsp3) is 0.200. The Morgan fingerprint density at radius 3 is 2.28 bits per heavy atom. The van der Waals surface area contributed by atoms with Crippen LogP contribution in [0.3, 0.4) is 0 Å². The van der Waals surface area contributed by atoms with Gasteiger partial charge in [-0.15, -0.1) is 0 Å². The van der Waals surface area contributed by atoms with Gasteiger partial charge < -0.3 is 10.5 Å². The van der Waals surface area contributed by atoms with Gasteiger partial charge in [-0.05, 0) is 24.6 Å². The van der Waals surface area contributed by atoms with Crippen LogP contribution in [0.2, 0.25) is 0 Å². The number of hydrogen-bond acceptors (Lipinski definition) is 6. The number of esters is 1. The van der Waals surface area contributed by atoms with Crippen LogP contribution < -0.4 is 5.73 Å². The summed E-state index contributed by atoms with van der Waals surface area (Å²) in [5, 5.41) is 11.4. The van der Waals surface area contributed by atoms with Gasteiger partial charge in [0.25, 0.3) is 0 Å². The highest BCUT2D eigenvalue weighted by atomic mass is 19.4. The van der Waals surface area contributed by atoms with E-state index in [-0.39, 0.29) is 22.4 Å². The normalized spacial score (nSPS) is 11.2. The standard InChI is InChI=1S/C15H12F3N3O4/c1-7-10(14(22)25-2)11(12(21(23)24)13(19)20-7)8-3-5-9(6-4-8)15(16,17)18/h3-6H,1-2H3,(H2,19,20). The third kappa shape index (κ3) is 3.37. The average Bonchev–Trinajstić information content (AvgIpc) is 2.52. The fourth-order valence-corrected chi connectivity index (χ4v) is 2.36. The number of methoxy groups -OCH3 is 1. The van der Waals surface area contributed by atoms with Gasteiger partial charge in [-0.25, -0.2) is 9.78 Å². The Morgan fingerprint density at radius 1 is 1.28 bits per heavy atom. The SMILES string of the molecule is COC(=O)c1c(C)nc(N)c([N+](=O)[O-])c1-c1ccc(C(F)(F)F)cc1. The lowest BCUT2D eigenvalue weighted by Gasteiger charge is -2.13. The number of rotatable bonds is 3. The van der Waals surface area contributed by atoms with Crippen LogP contribution in [0, 0.1) is 17.0 Å². The molecule has 2 N–H and O–H groups in total. The number of anilines is 1. The summed E-state index contributed by atoms with van der Waals surface area (Å²) >= 11 is 0. The minimum atomic E-state index is -4.57. The fourth-order valence-electron chi connectivity index (χ4n) is 2.36. The van der Waals surface area contributed by atoms with Crippen LogP contribution in [0.15, 0.2) is 24.3 Å². The molecule has 2 rings (SSSR count). The number of benzene rings is 1. The van der Waals surface area contributed by atoms with Crippen molar-refractivity contribution in [1.29, 1.82) is 0 Å². The molecular weight excluding hydrogens is 343 g/mol. The number of nitrogen functional groups attached to an aromatic ring is 1. The van der Waals surface area contributed by atoms with Gasteiger partial charge in [-0.1, -0.05) is 12.1 Å². The van der Waals surface area contributed by atoms with E-state index in [1.165, 1.54) is 6.92 Å². The molecule has 0 atom stereocenters. The quantitative estimate of drug-likeness (QED) is 0.514. The van der Waals surface area contributed by atoms with Crippen LogP contribution in [0.5, 0.6) is 0 Å². The molecule has 0 aliphatic rings. The van der Waals surface area contributed by atoms with Crippen LogP contribution in [0.1, 0.15) is 21.6 Å². The van der Waals surface area contributed by atoms with E-state index in [0.29, 0.717) is 0 Å². The lowest BCUT2D eigenvalue weighted by atomic mass is 9.96. The van der Waals surface area contributed by atoms with Crippen LogP contribution in [-0.2, 0) is 10.9 Å². The molecule has 0 radical (unpaired) electrons. The first-order valence-corrected chi connectivity index (χ1v) is 6.78. The van der Waals surface area contributed by atoms with Crippen LogP contribution in [0.4, 0.5) is 24.7 Å². The molecule has 10 heteroatoms. The smallest absolute Gasteiger partial charge is 0.416 e. The van der Waals surface area contributed by atoms with Crippen molar-refractivity contribution in [3.63, 3.8) is 0 Å². The Balaban J connectivity index is 2.82. The predicted octanol–water partition coefficient (Wildman–Crippen LogP) is 3.35. The first kappa shape index (κ1) is 18.2. The molecule has 0 fully saturated rings. The van der Waals surface area contributed by atoms with Gasteiger partial charge in [0, 0.05) is 0 Å². The summed E-state index contributed by atoms with van der Waals surface area (Å²) in [5.41, 5.74) is 3.57. The van der Waals surface area contributed by atoms with Crippen LogP contribution in [-0.4, -0.2) is 23.0 Å². The molecule has 1 heterocycles. The van der Waals surface area contributed by atoms with E-state index in [4.69, 9.17) is 5.73 Å². The Hall–Kier alpha value is -3.17. The second-order valence-corrected chi connectivity index (χ2v) is 5.00. The lowest BCUT2D eigenvalue weighted by Crippen LogP contribution is -2.12. The number of aryl methyl sites for hydroxylation is 1. The molecule has 7 nitrogen and oxygen atoms in total. The van der Waals surface area contributed by atoms with Gasteiger partial charge in [-0.3, -0.25) is 10.1 Å². The average molecular weight is 355 g/mol. The molecular formula is C15H12F3N3O4. The topological polar surface area (TPSA) is 108 Å². The molecule has 0 unspecified atom stereocenters. The van der Waals surface area contributed by atoms with Crippen molar-refractivity contribution in [1.82, 2.24) is 4.98 Å². The van der Waals surface area contributed by atoms with E-state index in [2.05, 4.69) is 9.72 Å². The number of nitrogens with zero attached hydrogens (tertiary/aromatic N) is 2. The number of alkyl halides is 3. The molecule has 1 aromatic carbocycles. The van der Waals surface area contributed by atoms with Crippen molar-refractivity contribution in [3.8, 4) is 11.1 Å². The summed E-state index contributed by atoms with van der Waals surface area (Å²) in [7, 11) is 1.07. The maximum absolute atomic E-state index is 12.7. The Labute approximate surface area is 139 Å². The largest absolute Gasteiger partial charge is 0.465 e. The Kier molecular flexibility index (Phi) is 4.64. The zero-order valence-corrected chi connectivity index (χ0v) is 13.0. The summed E-state index contributed by atoms with van der Waals surface area (Å²) < 4.78 is 42.7. The number of carbonyl (C=O) groups is 1. The number of carbonyl (C=O) groups excluding carboxylic acids is 1. The van der Waals surface area contributed by atoms with Crippen molar-refractivity contribution in [2.75, 3.05) is 12.8 Å². The van der Waals surface area contributed by atoms with Gasteiger partial charge in [0.05, 0.1) is 34.4 Å². The molecule has 0 saturated heterocycles. The highest BCUT2D eigenvalue weighted by Gasteiger charge is 2.33. The first-order chi connectivity index (χ1) is 11.6. The number of nitro groups is 1. The van der Waals surface area contributed by atoms with Crippen molar-refractivity contribution >= 4 is 17.5 Å². The Bertz CT molecular complexity index is 849. The Morgan fingerprint density at radius 2 is 1.84 bits per heavy atom. The highest BCUT2D eigenvalue weighted by molar-refractivity contribution is 6.02. The monoisotopic (exact) mass is 355 g/mol. The number of pyridine rings is 1. The van der Waals surface area contributed by atoms with E-state index in [1.807, 2.05) is 0 Å². The van der Waals surface area contributed by atoms with Crippen LogP contribution >= 0.6 is 0 Å². The third-order valence-electron chi connectivity index (χ3n) is 3.45. The molecule has 0 amide bonds. The first-order valence-electron chi connectivity index (χ1n) is 6.78. The second-order valence-electron chi connectivity index (χ2n) is 5.00. The van der Waals surface area contributed by atoms with E-state index in [1.54, 1.807) is 0 Å². The molecule has 0 bridgehead atoms. The number of hydrogen-bond donors (Lipinski definition) is 1. The predicted molar refractivity (Wildman–Crippen MR) is 81.8 cm³/mol. The number of nitrogens with two attached hydrogens (primary N) is 1. The summed E-state index contributed by atoms with van der Waals surface area (Å²) in [4.78, 5) is 26.3. The van der Waals surface area contributed by atoms with Gasteiger partial charge in [0.2, 0.25) is 5.82 Å². The maximum Gasteiger partial charge on any atom is 0.416 e. The molecule has 25 heavy (non-hydrogen) atoms. The van der Waals surface area contributed by atoms with Crippen LogP contribution in [0.25, 0.3) is 11.1 Å². The molecule has 0 aliphatic carbocycles. The third-order valence-corrected chi connectivity index (χ3v) is 3.45.